The van der Waals surface area contributed by atoms with Gasteiger partial charge in [0.05, 0.1) is 23.6 Å². The van der Waals surface area contributed by atoms with Crippen LogP contribution in [0.2, 0.25) is 0 Å². The van der Waals surface area contributed by atoms with Crippen molar-refractivity contribution in [2.24, 2.45) is 17.6 Å². The summed E-state index contributed by atoms with van der Waals surface area (Å²) in [6, 6.07) is 13.8. The second-order valence-corrected chi connectivity index (χ2v) is 7.58. The minimum atomic E-state index is -0.841. The molecule has 3 amide bonds. The number of aryl methyl sites for hydroxylation is 1. The molecule has 6 nitrogen and oxygen atoms in total. The van der Waals surface area contributed by atoms with E-state index in [1.54, 1.807) is 23.2 Å². The number of nitrogens with two attached hydrogens (primary N) is 1. The molecule has 0 saturated carbocycles. The van der Waals surface area contributed by atoms with Gasteiger partial charge in [-0.15, -0.1) is 0 Å². The molecule has 4 atom stereocenters. The molecule has 2 fully saturated rings. The number of amides is 3. The first-order chi connectivity index (χ1) is 13.5. The van der Waals surface area contributed by atoms with Crippen LogP contribution in [0.5, 0.6) is 0 Å². The van der Waals surface area contributed by atoms with Gasteiger partial charge in [-0.05, 0) is 36.3 Å². The van der Waals surface area contributed by atoms with E-state index in [2.05, 4.69) is 0 Å². The number of hydrogen-bond donors (Lipinski definition) is 1. The molecule has 2 aromatic rings. The lowest BCUT2D eigenvalue weighted by molar-refractivity contribution is -0.129. The maximum atomic E-state index is 13.4. The molecule has 2 N–H and O–H groups in total. The maximum absolute atomic E-state index is 13.4. The van der Waals surface area contributed by atoms with E-state index in [4.69, 9.17) is 5.73 Å². The Morgan fingerprint density at radius 3 is 2.36 bits per heavy atom. The SMILES string of the molecule is Cc1ccc(N2C(=O)[C@@H]3[C@H](C2=O)[C@H](C(N)=O)N2C=Cc4ccccc4[C@H]32)cc1. The van der Waals surface area contributed by atoms with Gasteiger partial charge < -0.3 is 10.6 Å². The maximum Gasteiger partial charge on any atom is 0.240 e. The lowest BCUT2D eigenvalue weighted by Crippen LogP contribution is -2.46. The Bertz CT molecular complexity index is 1040. The van der Waals surface area contributed by atoms with Gasteiger partial charge in [0, 0.05) is 6.20 Å². The highest BCUT2D eigenvalue weighted by molar-refractivity contribution is 6.24. The fourth-order valence-corrected chi connectivity index (χ4v) is 4.83. The first-order valence-corrected chi connectivity index (χ1v) is 9.27. The monoisotopic (exact) mass is 373 g/mol. The highest BCUT2D eigenvalue weighted by Gasteiger charge is 2.64. The fraction of sp³-hybridized carbons (Fsp3) is 0.227. The van der Waals surface area contributed by atoms with E-state index in [0.717, 1.165) is 16.7 Å². The molecule has 140 valence electrons. The summed E-state index contributed by atoms with van der Waals surface area (Å²) in [5.74, 6) is -2.65. The largest absolute Gasteiger partial charge is 0.368 e. The number of carbonyl (C=O) groups is 3. The summed E-state index contributed by atoms with van der Waals surface area (Å²) in [6.45, 7) is 1.94. The van der Waals surface area contributed by atoms with Crippen molar-refractivity contribution < 1.29 is 14.4 Å². The number of benzene rings is 2. The number of fused-ring (bicyclic) bond motifs is 5. The van der Waals surface area contributed by atoms with Crippen LogP contribution in [0.4, 0.5) is 5.69 Å². The van der Waals surface area contributed by atoms with Crippen molar-refractivity contribution in [1.29, 1.82) is 0 Å². The van der Waals surface area contributed by atoms with Crippen LogP contribution in [0.25, 0.3) is 6.08 Å². The van der Waals surface area contributed by atoms with Crippen molar-refractivity contribution in [3.8, 4) is 0 Å². The predicted molar refractivity (Wildman–Crippen MR) is 104 cm³/mol. The minimum absolute atomic E-state index is 0.275. The molecule has 28 heavy (non-hydrogen) atoms. The Morgan fingerprint density at radius 2 is 1.64 bits per heavy atom. The summed E-state index contributed by atoms with van der Waals surface area (Å²) in [7, 11) is 0. The Hall–Kier alpha value is -3.41. The van der Waals surface area contributed by atoms with E-state index in [0.29, 0.717) is 5.69 Å². The van der Waals surface area contributed by atoms with Crippen LogP contribution >= 0.6 is 0 Å². The zero-order chi connectivity index (χ0) is 19.6. The smallest absolute Gasteiger partial charge is 0.240 e. The van der Waals surface area contributed by atoms with Crippen molar-refractivity contribution in [3.63, 3.8) is 0 Å². The van der Waals surface area contributed by atoms with Crippen LogP contribution in [0.1, 0.15) is 22.7 Å². The average molecular weight is 373 g/mol. The van der Waals surface area contributed by atoms with E-state index < -0.39 is 23.8 Å². The zero-order valence-electron chi connectivity index (χ0n) is 15.3. The number of rotatable bonds is 2. The quantitative estimate of drug-likeness (QED) is 0.816. The Morgan fingerprint density at radius 1 is 0.964 bits per heavy atom. The zero-order valence-corrected chi connectivity index (χ0v) is 15.3. The van der Waals surface area contributed by atoms with Gasteiger partial charge in [-0.1, -0.05) is 42.0 Å². The molecule has 6 heteroatoms. The lowest BCUT2D eigenvalue weighted by atomic mass is 9.84. The third-order valence-electron chi connectivity index (χ3n) is 6.05. The van der Waals surface area contributed by atoms with Crippen LogP contribution in [-0.4, -0.2) is 28.7 Å². The molecular weight excluding hydrogens is 354 g/mol. The van der Waals surface area contributed by atoms with Crippen molar-refractivity contribution in [2.75, 3.05) is 4.90 Å². The first kappa shape index (κ1) is 16.7. The van der Waals surface area contributed by atoms with E-state index in [9.17, 15) is 14.4 Å². The van der Waals surface area contributed by atoms with Gasteiger partial charge in [-0.2, -0.15) is 0 Å². The molecule has 5 rings (SSSR count). The molecule has 3 aliphatic heterocycles. The van der Waals surface area contributed by atoms with Crippen LogP contribution in [-0.2, 0) is 14.4 Å². The van der Waals surface area contributed by atoms with Gasteiger partial charge in [0.15, 0.2) is 0 Å². The molecule has 0 unspecified atom stereocenters. The highest BCUT2D eigenvalue weighted by atomic mass is 16.2. The van der Waals surface area contributed by atoms with Crippen molar-refractivity contribution >= 4 is 29.5 Å². The summed E-state index contributed by atoms with van der Waals surface area (Å²) >= 11 is 0. The van der Waals surface area contributed by atoms with E-state index >= 15 is 0 Å². The molecule has 3 heterocycles. The third kappa shape index (κ3) is 2.11. The molecule has 0 radical (unpaired) electrons. The standard InChI is InChI=1S/C22H19N3O3/c1-12-6-8-14(9-7-12)25-21(27)16-17(22(25)28)19(20(23)26)24-11-10-13-4-2-3-5-15(13)18(16)24/h2-11,16-19H,1H3,(H2,23,26)/t16-,17+,18-,19-/m1/s1. The molecule has 2 saturated heterocycles. The number of anilines is 1. The molecular formula is C22H19N3O3. The van der Waals surface area contributed by atoms with Gasteiger partial charge >= 0.3 is 0 Å². The van der Waals surface area contributed by atoms with E-state index in [1.165, 1.54) is 4.90 Å². The summed E-state index contributed by atoms with van der Waals surface area (Å²) < 4.78 is 0. The number of hydrogen-bond acceptors (Lipinski definition) is 4. The van der Waals surface area contributed by atoms with Crippen LogP contribution in [0, 0.1) is 18.8 Å². The van der Waals surface area contributed by atoms with Gasteiger partial charge in [0.25, 0.3) is 0 Å². The molecule has 0 bridgehead atoms. The second-order valence-electron chi connectivity index (χ2n) is 7.58. The fourth-order valence-electron chi connectivity index (χ4n) is 4.83. The molecule has 0 aliphatic carbocycles. The predicted octanol–water partition coefficient (Wildman–Crippen LogP) is 2.00. The number of imide groups is 1. The van der Waals surface area contributed by atoms with Gasteiger partial charge in [0.1, 0.15) is 6.04 Å². The summed E-state index contributed by atoms with van der Waals surface area (Å²) in [4.78, 5) is 42.1. The van der Waals surface area contributed by atoms with Crippen molar-refractivity contribution in [2.45, 2.75) is 19.0 Å². The second kappa shape index (κ2) is 5.79. The van der Waals surface area contributed by atoms with Gasteiger partial charge in [-0.3, -0.25) is 14.4 Å². The summed E-state index contributed by atoms with van der Waals surface area (Å²) in [6.07, 6.45) is 3.69. The summed E-state index contributed by atoms with van der Waals surface area (Å²) in [5, 5.41) is 0. The Labute approximate surface area is 162 Å². The molecule has 2 aromatic carbocycles. The van der Waals surface area contributed by atoms with Crippen molar-refractivity contribution in [1.82, 2.24) is 4.90 Å². The lowest BCUT2D eigenvalue weighted by Gasteiger charge is -2.34. The molecule has 3 aliphatic rings. The third-order valence-corrected chi connectivity index (χ3v) is 6.05. The average Bonchev–Trinajstić information content (AvgIpc) is 3.16. The van der Waals surface area contributed by atoms with Crippen molar-refractivity contribution in [3.05, 3.63) is 71.4 Å². The van der Waals surface area contributed by atoms with Crippen LogP contribution < -0.4 is 10.6 Å². The van der Waals surface area contributed by atoms with Crippen LogP contribution in [0.3, 0.4) is 0 Å². The van der Waals surface area contributed by atoms with Gasteiger partial charge in [-0.25, -0.2) is 4.90 Å². The minimum Gasteiger partial charge on any atom is -0.368 e. The summed E-state index contributed by atoms with van der Waals surface area (Å²) in [5.41, 5.74) is 9.19. The van der Waals surface area contributed by atoms with Crippen LogP contribution in [0.15, 0.2) is 54.7 Å². The number of nitrogens with zero attached hydrogens (tertiary/aromatic N) is 2. The Balaban J connectivity index is 1.65. The number of carbonyl (C=O) groups excluding carboxylic acids is 3. The Kier molecular flexibility index (Phi) is 3.46. The van der Waals surface area contributed by atoms with Gasteiger partial charge in [0.2, 0.25) is 17.7 Å². The number of primary amides is 1. The highest BCUT2D eigenvalue weighted by Crippen LogP contribution is 2.52. The van der Waals surface area contributed by atoms with E-state index in [-0.39, 0.29) is 17.9 Å². The first-order valence-electron chi connectivity index (χ1n) is 9.27. The van der Waals surface area contributed by atoms with E-state index in [1.807, 2.05) is 49.4 Å². The molecule has 0 aromatic heterocycles. The molecule has 0 spiro atoms. The topological polar surface area (TPSA) is 83.7 Å². The normalized spacial score (nSPS) is 27.6.